The molecule has 1 amide bonds. The maximum Gasteiger partial charge on any atom is 0.253 e. The van der Waals surface area contributed by atoms with Crippen LogP contribution in [0.2, 0.25) is 0 Å². The molecule has 0 fully saturated rings. The number of benzene rings is 1. The highest BCUT2D eigenvalue weighted by molar-refractivity contribution is 9.10. The maximum atomic E-state index is 11.9. The van der Waals surface area contributed by atoms with Gasteiger partial charge in [0.25, 0.3) is 5.91 Å². The first-order valence-corrected chi connectivity index (χ1v) is 8.51. The molecule has 0 atom stereocenters. The molecule has 0 spiro atoms. The number of hydrogen-bond donors (Lipinski definition) is 2. The lowest BCUT2D eigenvalue weighted by molar-refractivity contribution is 0.0946. The van der Waals surface area contributed by atoms with E-state index in [1.165, 1.54) is 5.56 Å². The van der Waals surface area contributed by atoms with Gasteiger partial charge in [-0.1, -0.05) is 22.0 Å². The third-order valence-corrected chi connectivity index (χ3v) is 4.76. The van der Waals surface area contributed by atoms with Crippen LogP contribution in [0, 0.1) is 6.92 Å². The quantitative estimate of drug-likeness (QED) is 0.712. The highest BCUT2D eigenvalue weighted by atomic mass is 79.9. The van der Waals surface area contributed by atoms with Crippen molar-refractivity contribution in [2.75, 3.05) is 6.54 Å². The Bertz CT molecular complexity index is 948. The van der Waals surface area contributed by atoms with Gasteiger partial charge in [-0.25, -0.2) is 9.97 Å². The first kappa shape index (κ1) is 15.1. The van der Waals surface area contributed by atoms with Crippen molar-refractivity contribution in [2.45, 2.75) is 13.3 Å². The molecule has 0 saturated carbocycles. The standard InChI is InChI=1S/C18H15BrN4O/c1-10-2-3-11(13(19)8-10)17-20-6-5-15(23-17)16-9-12-14(22-16)4-7-21-18(12)24/h2-3,5-6,8-9,22H,4,7H2,1H3,(H,21,24). The summed E-state index contributed by atoms with van der Waals surface area (Å²) >= 11 is 3.58. The monoisotopic (exact) mass is 382 g/mol. The number of aryl methyl sites for hydroxylation is 1. The van der Waals surface area contributed by atoms with Crippen LogP contribution in [0.25, 0.3) is 22.8 Å². The molecule has 0 aliphatic carbocycles. The highest BCUT2D eigenvalue weighted by Gasteiger charge is 2.20. The largest absolute Gasteiger partial charge is 0.356 e. The van der Waals surface area contributed by atoms with E-state index in [0.717, 1.165) is 33.5 Å². The van der Waals surface area contributed by atoms with Crippen LogP contribution < -0.4 is 5.32 Å². The number of nitrogens with zero attached hydrogens (tertiary/aromatic N) is 2. The molecule has 0 radical (unpaired) electrons. The van der Waals surface area contributed by atoms with Crippen molar-refractivity contribution in [1.29, 1.82) is 0 Å². The smallest absolute Gasteiger partial charge is 0.253 e. The third kappa shape index (κ3) is 2.63. The SMILES string of the molecule is Cc1ccc(-c2nccc(-c3cc4c([nH]3)CCNC4=O)n2)c(Br)c1. The average molecular weight is 383 g/mol. The van der Waals surface area contributed by atoms with Crippen LogP contribution >= 0.6 is 15.9 Å². The molecule has 0 saturated heterocycles. The Morgan fingerprint density at radius 1 is 1.17 bits per heavy atom. The Kier molecular flexibility index (Phi) is 3.69. The zero-order chi connectivity index (χ0) is 16.7. The van der Waals surface area contributed by atoms with Gasteiger partial charge in [0, 0.05) is 34.9 Å². The van der Waals surface area contributed by atoms with E-state index in [1.807, 2.05) is 37.3 Å². The van der Waals surface area contributed by atoms with Gasteiger partial charge in [-0.05, 0) is 36.8 Å². The van der Waals surface area contributed by atoms with Crippen molar-refractivity contribution in [3.05, 3.63) is 57.8 Å². The fraction of sp³-hybridized carbons (Fsp3) is 0.167. The Morgan fingerprint density at radius 3 is 2.83 bits per heavy atom. The van der Waals surface area contributed by atoms with Crippen molar-refractivity contribution >= 4 is 21.8 Å². The van der Waals surface area contributed by atoms with Gasteiger partial charge in [0.2, 0.25) is 0 Å². The number of carbonyl (C=O) groups is 1. The van der Waals surface area contributed by atoms with Crippen LogP contribution in [0.4, 0.5) is 0 Å². The first-order chi connectivity index (χ1) is 11.6. The molecule has 1 aromatic carbocycles. The number of halogens is 1. The Hall–Kier alpha value is -2.47. The van der Waals surface area contributed by atoms with E-state index < -0.39 is 0 Å². The average Bonchev–Trinajstić information content (AvgIpc) is 3.01. The molecule has 1 aliphatic heterocycles. The second kappa shape index (κ2) is 5.87. The van der Waals surface area contributed by atoms with Crippen LogP contribution in [-0.4, -0.2) is 27.4 Å². The molecule has 2 N–H and O–H groups in total. The maximum absolute atomic E-state index is 11.9. The lowest BCUT2D eigenvalue weighted by Gasteiger charge is -2.10. The first-order valence-electron chi connectivity index (χ1n) is 7.72. The second-order valence-electron chi connectivity index (χ2n) is 5.83. The molecule has 0 unspecified atom stereocenters. The van der Waals surface area contributed by atoms with E-state index in [2.05, 4.69) is 36.2 Å². The van der Waals surface area contributed by atoms with Crippen molar-refractivity contribution in [3.8, 4) is 22.8 Å². The zero-order valence-corrected chi connectivity index (χ0v) is 14.6. The van der Waals surface area contributed by atoms with Crippen molar-refractivity contribution in [1.82, 2.24) is 20.3 Å². The van der Waals surface area contributed by atoms with E-state index in [0.29, 0.717) is 17.9 Å². The summed E-state index contributed by atoms with van der Waals surface area (Å²) in [6.45, 7) is 2.71. The van der Waals surface area contributed by atoms with E-state index in [-0.39, 0.29) is 5.91 Å². The predicted molar refractivity (Wildman–Crippen MR) is 95.7 cm³/mol. The van der Waals surface area contributed by atoms with Crippen LogP contribution in [0.3, 0.4) is 0 Å². The number of fused-ring (bicyclic) bond motifs is 1. The number of hydrogen-bond acceptors (Lipinski definition) is 3. The predicted octanol–water partition coefficient (Wildman–Crippen LogP) is 3.50. The Morgan fingerprint density at radius 2 is 2.04 bits per heavy atom. The summed E-state index contributed by atoms with van der Waals surface area (Å²) in [5.74, 6) is 0.616. The minimum atomic E-state index is -0.0330. The van der Waals surface area contributed by atoms with Crippen LogP contribution in [0.15, 0.2) is 41.0 Å². The van der Waals surface area contributed by atoms with Gasteiger partial charge in [0.05, 0.1) is 17.0 Å². The van der Waals surface area contributed by atoms with Gasteiger partial charge in [0.1, 0.15) is 0 Å². The second-order valence-corrected chi connectivity index (χ2v) is 6.68. The Labute approximate surface area is 147 Å². The van der Waals surface area contributed by atoms with Crippen molar-refractivity contribution < 1.29 is 4.79 Å². The number of rotatable bonds is 2. The van der Waals surface area contributed by atoms with Gasteiger partial charge >= 0.3 is 0 Å². The van der Waals surface area contributed by atoms with E-state index in [4.69, 9.17) is 0 Å². The van der Waals surface area contributed by atoms with Gasteiger partial charge in [-0.3, -0.25) is 4.79 Å². The molecule has 3 heterocycles. The topological polar surface area (TPSA) is 70.7 Å². The summed E-state index contributed by atoms with van der Waals surface area (Å²) in [5, 5.41) is 2.86. The molecule has 5 nitrogen and oxygen atoms in total. The van der Waals surface area contributed by atoms with Crippen molar-refractivity contribution in [2.24, 2.45) is 0 Å². The molecular formula is C18H15BrN4O. The molecule has 6 heteroatoms. The summed E-state index contributed by atoms with van der Waals surface area (Å²) in [7, 11) is 0. The van der Waals surface area contributed by atoms with Gasteiger partial charge in [-0.2, -0.15) is 0 Å². The summed E-state index contributed by atoms with van der Waals surface area (Å²) in [6, 6.07) is 9.80. The molecule has 4 rings (SSSR count). The molecule has 3 aromatic rings. The summed E-state index contributed by atoms with van der Waals surface area (Å²) in [6.07, 6.45) is 2.55. The minimum Gasteiger partial charge on any atom is -0.356 e. The van der Waals surface area contributed by atoms with Crippen LogP contribution in [-0.2, 0) is 6.42 Å². The number of amides is 1. The lowest BCUT2D eigenvalue weighted by atomic mass is 10.1. The van der Waals surface area contributed by atoms with Crippen molar-refractivity contribution in [3.63, 3.8) is 0 Å². The minimum absolute atomic E-state index is 0.0330. The third-order valence-electron chi connectivity index (χ3n) is 4.10. The fourth-order valence-corrected chi connectivity index (χ4v) is 3.54. The molecular weight excluding hydrogens is 368 g/mol. The molecule has 0 bridgehead atoms. The number of nitrogens with one attached hydrogen (secondary N) is 2. The van der Waals surface area contributed by atoms with E-state index in [1.54, 1.807) is 6.20 Å². The van der Waals surface area contributed by atoms with Crippen LogP contribution in [0.1, 0.15) is 21.6 Å². The number of carbonyl (C=O) groups excluding carboxylic acids is 1. The van der Waals surface area contributed by atoms with E-state index in [9.17, 15) is 4.79 Å². The highest BCUT2D eigenvalue weighted by Crippen LogP contribution is 2.28. The fourth-order valence-electron chi connectivity index (χ4n) is 2.87. The molecule has 2 aromatic heterocycles. The van der Waals surface area contributed by atoms with Gasteiger partial charge in [-0.15, -0.1) is 0 Å². The summed E-state index contributed by atoms with van der Waals surface area (Å²) in [4.78, 5) is 24.3. The summed E-state index contributed by atoms with van der Waals surface area (Å²) < 4.78 is 0.963. The Balaban J connectivity index is 1.77. The summed E-state index contributed by atoms with van der Waals surface area (Å²) in [5.41, 5.74) is 5.39. The lowest BCUT2D eigenvalue weighted by Crippen LogP contribution is -2.31. The van der Waals surface area contributed by atoms with Gasteiger partial charge in [0.15, 0.2) is 5.82 Å². The number of aromatic amines is 1. The number of H-pyrrole nitrogens is 1. The number of aromatic nitrogens is 3. The molecule has 1 aliphatic rings. The van der Waals surface area contributed by atoms with E-state index >= 15 is 0 Å². The zero-order valence-electron chi connectivity index (χ0n) is 13.1. The normalized spacial score (nSPS) is 13.5. The van der Waals surface area contributed by atoms with Gasteiger partial charge < -0.3 is 10.3 Å². The van der Waals surface area contributed by atoms with Crippen LogP contribution in [0.5, 0.6) is 0 Å². The molecule has 120 valence electrons. The molecule has 24 heavy (non-hydrogen) atoms.